The van der Waals surface area contributed by atoms with E-state index in [0.29, 0.717) is 12.8 Å². The summed E-state index contributed by atoms with van der Waals surface area (Å²) in [6.07, 6.45) is 5.29. The van der Waals surface area contributed by atoms with E-state index in [9.17, 15) is 13.2 Å². The molecule has 0 N–H and O–H groups in total. The summed E-state index contributed by atoms with van der Waals surface area (Å²) >= 11 is 0. The zero-order chi connectivity index (χ0) is 19.8. The van der Waals surface area contributed by atoms with Crippen molar-refractivity contribution in [1.82, 2.24) is 4.31 Å². The van der Waals surface area contributed by atoms with Crippen molar-refractivity contribution in [2.24, 2.45) is 11.3 Å². The van der Waals surface area contributed by atoms with Crippen molar-refractivity contribution in [3.8, 4) is 0 Å². The second-order valence-electron chi connectivity index (χ2n) is 7.31. The molecule has 0 aromatic heterocycles. The molecule has 0 bridgehead atoms. The third-order valence-corrected chi connectivity index (χ3v) is 7.78. The highest BCUT2D eigenvalue weighted by atomic mass is 32.2. The molecule has 1 fully saturated rings. The minimum Gasteiger partial charge on any atom is -0.469 e. The lowest BCUT2D eigenvalue weighted by Crippen LogP contribution is -2.43. The third-order valence-electron chi connectivity index (χ3n) is 5.94. The van der Waals surface area contributed by atoms with Crippen LogP contribution in [0.1, 0.15) is 24.4 Å². The van der Waals surface area contributed by atoms with Gasteiger partial charge in [0.15, 0.2) is 0 Å². The Morgan fingerprint density at radius 2 is 1.71 bits per heavy atom. The number of fused-ring (bicyclic) bond motifs is 1. The summed E-state index contributed by atoms with van der Waals surface area (Å²) in [5.74, 6) is -0.571. The largest absolute Gasteiger partial charge is 0.469 e. The van der Waals surface area contributed by atoms with E-state index in [0.717, 1.165) is 5.56 Å². The van der Waals surface area contributed by atoms with E-state index in [1.165, 1.54) is 11.4 Å². The Hall–Kier alpha value is -2.44. The van der Waals surface area contributed by atoms with Gasteiger partial charge >= 0.3 is 5.97 Å². The van der Waals surface area contributed by atoms with Crippen LogP contribution in [0.2, 0.25) is 0 Å². The number of esters is 1. The van der Waals surface area contributed by atoms with Gasteiger partial charge in [-0.2, -0.15) is 4.31 Å². The van der Waals surface area contributed by atoms with Crippen LogP contribution >= 0.6 is 0 Å². The maximum absolute atomic E-state index is 13.6. The molecular weight excluding hydrogens is 374 g/mol. The van der Waals surface area contributed by atoms with Crippen molar-refractivity contribution in [2.75, 3.05) is 13.7 Å². The molecule has 1 aliphatic carbocycles. The zero-order valence-corrected chi connectivity index (χ0v) is 16.5. The van der Waals surface area contributed by atoms with E-state index in [4.69, 9.17) is 4.74 Å². The highest BCUT2D eigenvalue weighted by Crippen LogP contribution is 2.57. The van der Waals surface area contributed by atoms with Crippen molar-refractivity contribution < 1.29 is 17.9 Å². The molecular formula is C22H23NO4S. The normalized spacial score (nSPS) is 27.3. The predicted octanol–water partition coefficient (Wildman–Crippen LogP) is 3.56. The number of hydrogen-bond donors (Lipinski definition) is 0. The van der Waals surface area contributed by atoms with Gasteiger partial charge in [-0.05, 0) is 30.5 Å². The number of sulfonamides is 1. The van der Waals surface area contributed by atoms with Crippen LogP contribution in [-0.2, 0) is 19.6 Å². The lowest BCUT2D eigenvalue weighted by Gasteiger charge is -2.39. The van der Waals surface area contributed by atoms with Crippen LogP contribution < -0.4 is 0 Å². The van der Waals surface area contributed by atoms with Gasteiger partial charge in [0.05, 0.1) is 23.5 Å². The summed E-state index contributed by atoms with van der Waals surface area (Å²) in [6.45, 7) is 0.252. The Bertz CT molecular complexity index is 988. The SMILES string of the molecule is COC(=O)[C@]12CCC=C[C@@H]1CN(S(=O)(=O)c1ccccc1)[C@H]2c1ccccc1. The predicted molar refractivity (Wildman–Crippen MR) is 106 cm³/mol. The molecule has 1 aliphatic heterocycles. The van der Waals surface area contributed by atoms with Crippen molar-refractivity contribution >= 4 is 16.0 Å². The van der Waals surface area contributed by atoms with E-state index in [2.05, 4.69) is 0 Å². The Labute approximate surface area is 165 Å². The molecule has 0 radical (unpaired) electrons. The molecule has 3 atom stereocenters. The first-order valence-corrected chi connectivity index (χ1v) is 10.8. The number of hydrogen-bond acceptors (Lipinski definition) is 4. The lowest BCUT2D eigenvalue weighted by atomic mass is 9.66. The molecule has 1 heterocycles. The molecule has 146 valence electrons. The second-order valence-corrected chi connectivity index (χ2v) is 9.20. The van der Waals surface area contributed by atoms with Gasteiger partial charge in [-0.15, -0.1) is 0 Å². The van der Waals surface area contributed by atoms with Crippen LogP contribution in [0.15, 0.2) is 77.7 Å². The van der Waals surface area contributed by atoms with Gasteiger partial charge < -0.3 is 4.74 Å². The molecule has 0 amide bonds. The smallest absolute Gasteiger partial charge is 0.314 e. The van der Waals surface area contributed by atoms with Gasteiger partial charge in [0, 0.05) is 12.5 Å². The quantitative estimate of drug-likeness (QED) is 0.585. The molecule has 6 heteroatoms. The van der Waals surface area contributed by atoms with Gasteiger partial charge in [0.1, 0.15) is 0 Å². The van der Waals surface area contributed by atoms with Gasteiger partial charge in [0.2, 0.25) is 10.0 Å². The van der Waals surface area contributed by atoms with Crippen LogP contribution in [0.4, 0.5) is 0 Å². The van der Waals surface area contributed by atoms with Crippen LogP contribution in [-0.4, -0.2) is 32.3 Å². The topological polar surface area (TPSA) is 63.7 Å². The highest BCUT2D eigenvalue weighted by Gasteiger charge is 2.62. The summed E-state index contributed by atoms with van der Waals surface area (Å²) in [4.78, 5) is 13.3. The van der Waals surface area contributed by atoms with Gasteiger partial charge in [-0.25, -0.2) is 8.42 Å². The minimum atomic E-state index is -3.78. The number of nitrogens with zero attached hydrogens (tertiary/aromatic N) is 1. The number of rotatable bonds is 4. The van der Waals surface area contributed by atoms with E-state index in [1.54, 1.807) is 30.3 Å². The van der Waals surface area contributed by atoms with Crippen LogP contribution in [0.3, 0.4) is 0 Å². The molecule has 5 nitrogen and oxygen atoms in total. The first kappa shape index (κ1) is 18.9. The van der Waals surface area contributed by atoms with Crippen molar-refractivity contribution in [2.45, 2.75) is 23.8 Å². The molecule has 4 rings (SSSR count). The minimum absolute atomic E-state index is 0.225. The molecule has 28 heavy (non-hydrogen) atoms. The molecule has 2 aromatic carbocycles. The average Bonchev–Trinajstić information content (AvgIpc) is 3.11. The number of methoxy groups -OCH3 is 1. The number of allylic oxidation sites excluding steroid dienone is 1. The van der Waals surface area contributed by atoms with E-state index in [1.807, 2.05) is 42.5 Å². The lowest BCUT2D eigenvalue weighted by molar-refractivity contribution is -0.156. The summed E-state index contributed by atoms with van der Waals surface area (Å²) < 4.78 is 33.8. The zero-order valence-electron chi connectivity index (χ0n) is 15.7. The van der Waals surface area contributed by atoms with Gasteiger partial charge in [-0.3, -0.25) is 4.79 Å². The number of ether oxygens (including phenoxy) is 1. The molecule has 0 spiro atoms. The number of benzene rings is 2. The fourth-order valence-corrected chi connectivity index (χ4v) is 6.39. The van der Waals surface area contributed by atoms with E-state index >= 15 is 0 Å². The summed E-state index contributed by atoms with van der Waals surface area (Å²) in [5, 5.41) is 0. The van der Waals surface area contributed by atoms with Gasteiger partial charge in [-0.1, -0.05) is 60.7 Å². The molecule has 2 aliphatic rings. The summed E-state index contributed by atoms with van der Waals surface area (Å²) in [5.41, 5.74) is -0.114. The number of carbonyl (C=O) groups is 1. The van der Waals surface area contributed by atoms with Crippen LogP contribution in [0.25, 0.3) is 0 Å². The monoisotopic (exact) mass is 397 g/mol. The fourth-order valence-electron chi connectivity index (χ4n) is 4.68. The maximum atomic E-state index is 13.6. The number of carbonyl (C=O) groups excluding carboxylic acids is 1. The van der Waals surface area contributed by atoms with Crippen LogP contribution in [0, 0.1) is 11.3 Å². The summed E-state index contributed by atoms with van der Waals surface area (Å²) in [6, 6.07) is 17.2. The Balaban J connectivity index is 1.92. The Kier molecular flexibility index (Phi) is 4.85. The van der Waals surface area contributed by atoms with Crippen LogP contribution in [0.5, 0.6) is 0 Å². The highest BCUT2D eigenvalue weighted by molar-refractivity contribution is 7.89. The first-order chi connectivity index (χ1) is 13.5. The summed E-state index contributed by atoms with van der Waals surface area (Å²) in [7, 11) is -2.40. The Morgan fingerprint density at radius 3 is 2.36 bits per heavy atom. The fraction of sp³-hybridized carbons (Fsp3) is 0.318. The molecule has 0 unspecified atom stereocenters. The van der Waals surface area contributed by atoms with Gasteiger partial charge in [0.25, 0.3) is 0 Å². The standard InChI is InChI=1S/C22H23NO4S/c1-27-21(24)22-15-9-8-12-18(22)16-23(20(22)17-10-4-2-5-11-17)28(25,26)19-13-6-3-7-14-19/h2-8,10-14,18,20H,9,15-16H2,1H3/t18-,20+,22-/m1/s1. The molecule has 1 saturated heterocycles. The maximum Gasteiger partial charge on any atom is 0.314 e. The molecule has 2 aromatic rings. The third kappa shape index (κ3) is 2.79. The first-order valence-electron chi connectivity index (χ1n) is 9.39. The molecule has 0 saturated carbocycles. The van der Waals surface area contributed by atoms with E-state index < -0.39 is 21.5 Å². The second kappa shape index (κ2) is 7.18. The van der Waals surface area contributed by atoms with Crippen molar-refractivity contribution in [1.29, 1.82) is 0 Å². The average molecular weight is 397 g/mol. The Morgan fingerprint density at radius 1 is 1.07 bits per heavy atom. The van der Waals surface area contributed by atoms with Crippen molar-refractivity contribution in [3.05, 3.63) is 78.4 Å². The van der Waals surface area contributed by atoms with Crippen molar-refractivity contribution in [3.63, 3.8) is 0 Å². The van der Waals surface area contributed by atoms with E-state index in [-0.39, 0.29) is 23.3 Å².